The van der Waals surface area contributed by atoms with Gasteiger partial charge in [-0.1, -0.05) is 13.8 Å². The molecule has 50 valence electrons. The van der Waals surface area contributed by atoms with E-state index in [0.29, 0.717) is 16.5 Å². The molecule has 3 nitrogen and oxygen atoms in total. The molecule has 0 N–H and O–H groups in total. The summed E-state index contributed by atoms with van der Waals surface area (Å²) in [6, 6.07) is 0. The Labute approximate surface area is 61.6 Å². The molecule has 0 aliphatic rings. The minimum absolute atomic E-state index is 0.309. The standard InChI is InChI=1S/C5H7BrN2O/c1-3(2)4-7-5(6)8-9-4/h3H,1-2H3. The molecule has 9 heavy (non-hydrogen) atoms. The van der Waals surface area contributed by atoms with E-state index in [1.165, 1.54) is 0 Å². The summed E-state index contributed by atoms with van der Waals surface area (Å²) in [6.07, 6.45) is 0. The number of aromatic nitrogens is 2. The molecule has 0 amide bonds. The van der Waals surface area contributed by atoms with Crippen LogP contribution in [0.1, 0.15) is 25.7 Å². The molecule has 0 aromatic carbocycles. The zero-order valence-corrected chi connectivity index (χ0v) is 6.84. The van der Waals surface area contributed by atoms with Crippen molar-refractivity contribution in [3.63, 3.8) is 0 Å². The summed E-state index contributed by atoms with van der Waals surface area (Å²) < 4.78 is 5.34. The first kappa shape index (κ1) is 6.74. The maximum Gasteiger partial charge on any atom is 0.238 e. The summed E-state index contributed by atoms with van der Waals surface area (Å²) in [6.45, 7) is 4.00. The molecule has 1 aromatic rings. The minimum Gasteiger partial charge on any atom is -0.338 e. The maximum atomic E-state index is 4.82. The van der Waals surface area contributed by atoms with E-state index in [1.54, 1.807) is 0 Å². The van der Waals surface area contributed by atoms with Gasteiger partial charge in [0.15, 0.2) is 0 Å². The molecule has 1 aromatic heterocycles. The average Bonchev–Trinajstić information content (AvgIpc) is 2.14. The fourth-order valence-corrected chi connectivity index (χ4v) is 0.698. The van der Waals surface area contributed by atoms with Gasteiger partial charge < -0.3 is 4.52 Å². The van der Waals surface area contributed by atoms with Crippen LogP contribution in [0.15, 0.2) is 9.26 Å². The Balaban J connectivity index is 2.85. The largest absolute Gasteiger partial charge is 0.338 e. The predicted octanol–water partition coefficient (Wildman–Crippen LogP) is 1.96. The summed E-state index contributed by atoms with van der Waals surface area (Å²) in [5.41, 5.74) is 0. The first-order valence-corrected chi connectivity index (χ1v) is 3.48. The number of hydrogen-bond donors (Lipinski definition) is 0. The predicted molar refractivity (Wildman–Crippen MR) is 36.1 cm³/mol. The molecule has 0 unspecified atom stereocenters. The van der Waals surface area contributed by atoms with Crippen molar-refractivity contribution in [3.8, 4) is 0 Å². The van der Waals surface area contributed by atoms with Crippen LogP contribution in [0.3, 0.4) is 0 Å². The van der Waals surface area contributed by atoms with Gasteiger partial charge >= 0.3 is 0 Å². The van der Waals surface area contributed by atoms with Crippen molar-refractivity contribution in [2.75, 3.05) is 0 Å². The van der Waals surface area contributed by atoms with Gasteiger partial charge in [-0.15, -0.1) is 0 Å². The van der Waals surface area contributed by atoms with Crippen LogP contribution in [-0.2, 0) is 0 Å². The second kappa shape index (κ2) is 2.47. The Bertz CT molecular complexity index is 197. The highest BCUT2D eigenvalue weighted by Crippen LogP contribution is 2.12. The molecule has 4 heteroatoms. The topological polar surface area (TPSA) is 38.9 Å². The van der Waals surface area contributed by atoms with E-state index in [-0.39, 0.29) is 0 Å². The monoisotopic (exact) mass is 190 g/mol. The molecular formula is C5H7BrN2O. The highest BCUT2D eigenvalue weighted by molar-refractivity contribution is 9.10. The third-order valence-electron chi connectivity index (χ3n) is 0.911. The van der Waals surface area contributed by atoms with Crippen LogP contribution < -0.4 is 0 Å². The summed E-state index contributed by atoms with van der Waals surface area (Å²) in [4.78, 5) is 3.95. The molecule has 0 saturated carbocycles. The van der Waals surface area contributed by atoms with Crippen molar-refractivity contribution in [1.82, 2.24) is 10.1 Å². The van der Waals surface area contributed by atoms with E-state index < -0.39 is 0 Å². The summed E-state index contributed by atoms with van der Waals surface area (Å²) in [5.74, 6) is 0.977. The van der Waals surface area contributed by atoms with Crippen LogP contribution in [0, 0.1) is 0 Å². The molecule has 1 heterocycles. The zero-order valence-electron chi connectivity index (χ0n) is 5.26. The molecule has 0 bridgehead atoms. The molecule has 0 fully saturated rings. The minimum atomic E-state index is 0.309. The van der Waals surface area contributed by atoms with Gasteiger partial charge in [0.2, 0.25) is 10.6 Å². The lowest BCUT2D eigenvalue weighted by molar-refractivity contribution is 0.362. The first-order valence-electron chi connectivity index (χ1n) is 2.69. The third-order valence-corrected chi connectivity index (χ3v) is 1.23. The molecule has 0 radical (unpaired) electrons. The van der Waals surface area contributed by atoms with E-state index in [1.807, 2.05) is 13.8 Å². The van der Waals surface area contributed by atoms with Crippen LogP contribution in [0.25, 0.3) is 0 Å². The van der Waals surface area contributed by atoms with Crippen LogP contribution >= 0.6 is 15.9 Å². The van der Waals surface area contributed by atoms with Gasteiger partial charge in [0.25, 0.3) is 0 Å². The molecule has 1 rings (SSSR count). The van der Waals surface area contributed by atoms with Gasteiger partial charge in [-0.3, -0.25) is 0 Å². The van der Waals surface area contributed by atoms with E-state index >= 15 is 0 Å². The van der Waals surface area contributed by atoms with Crippen LogP contribution in [0.5, 0.6) is 0 Å². The molecule has 0 spiro atoms. The molecular weight excluding hydrogens is 184 g/mol. The van der Waals surface area contributed by atoms with Crippen molar-refractivity contribution < 1.29 is 4.52 Å². The Morgan fingerprint density at radius 3 is 2.44 bits per heavy atom. The maximum absolute atomic E-state index is 4.82. The van der Waals surface area contributed by atoms with Crippen LogP contribution in [0.2, 0.25) is 0 Å². The van der Waals surface area contributed by atoms with Gasteiger partial charge in [0, 0.05) is 5.92 Å². The Morgan fingerprint density at radius 2 is 2.22 bits per heavy atom. The summed E-state index contributed by atoms with van der Waals surface area (Å²) in [5, 5.41) is 3.57. The van der Waals surface area contributed by atoms with Crippen molar-refractivity contribution >= 4 is 15.9 Å². The number of hydrogen-bond acceptors (Lipinski definition) is 3. The number of nitrogens with zero attached hydrogens (tertiary/aromatic N) is 2. The average molecular weight is 191 g/mol. The van der Waals surface area contributed by atoms with E-state index in [2.05, 4.69) is 26.1 Å². The Kier molecular flexibility index (Phi) is 1.85. The number of halogens is 1. The van der Waals surface area contributed by atoms with Gasteiger partial charge in [-0.2, -0.15) is 4.98 Å². The third kappa shape index (κ3) is 1.51. The summed E-state index contributed by atoms with van der Waals surface area (Å²) in [7, 11) is 0. The van der Waals surface area contributed by atoms with Crippen molar-refractivity contribution in [2.24, 2.45) is 0 Å². The summed E-state index contributed by atoms with van der Waals surface area (Å²) >= 11 is 3.08. The molecule has 0 atom stereocenters. The second-order valence-electron chi connectivity index (χ2n) is 2.06. The van der Waals surface area contributed by atoms with Gasteiger partial charge in [0.05, 0.1) is 0 Å². The molecule has 0 aliphatic carbocycles. The lowest BCUT2D eigenvalue weighted by Crippen LogP contribution is -1.84. The number of rotatable bonds is 1. The fourth-order valence-electron chi connectivity index (χ4n) is 0.451. The quantitative estimate of drug-likeness (QED) is 0.680. The van der Waals surface area contributed by atoms with Gasteiger partial charge in [0.1, 0.15) is 0 Å². The Morgan fingerprint density at radius 1 is 1.56 bits per heavy atom. The van der Waals surface area contributed by atoms with Gasteiger partial charge in [-0.05, 0) is 21.1 Å². The SMILES string of the molecule is CC(C)c1nc(Br)no1. The fraction of sp³-hybridized carbons (Fsp3) is 0.600. The highest BCUT2D eigenvalue weighted by Gasteiger charge is 2.06. The van der Waals surface area contributed by atoms with Gasteiger partial charge in [-0.25, -0.2) is 0 Å². The normalized spacial score (nSPS) is 10.7. The lowest BCUT2D eigenvalue weighted by atomic mass is 10.2. The Hall–Kier alpha value is -0.380. The van der Waals surface area contributed by atoms with E-state index in [4.69, 9.17) is 4.52 Å². The highest BCUT2D eigenvalue weighted by atomic mass is 79.9. The lowest BCUT2D eigenvalue weighted by Gasteiger charge is -1.90. The van der Waals surface area contributed by atoms with E-state index in [9.17, 15) is 0 Å². The van der Waals surface area contributed by atoms with Crippen LogP contribution in [-0.4, -0.2) is 10.1 Å². The smallest absolute Gasteiger partial charge is 0.238 e. The molecule has 0 saturated heterocycles. The molecule has 0 aliphatic heterocycles. The van der Waals surface area contributed by atoms with E-state index in [0.717, 1.165) is 0 Å². The van der Waals surface area contributed by atoms with Crippen molar-refractivity contribution in [1.29, 1.82) is 0 Å². The van der Waals surface area contributed by atoms with Crippen molar-refractivity contribution in [3.05, 3.63) is 10.6 Å². The first-order chi connectivity index (χ1) is 4.20. The zero-order chi connectivity index (χ0) is 6.85. The van der Waals surface area contributed by atoms with Crippen molar-refractivity contribution in [2.45, 2.75) is 19.8 Å². The van der Waals surface area contributed by atoms with Crippen LogP contribution in [0.4, 0.5) is 0 Å². The second-order valence-corrected chi connectivity index (χ2v) is 2.77.